The molecule has 1 amide bonds. The Morgan fingerprint density at radius 3 is 2.56 bits per heavy atom. The molecular weight excluding hydrogens is 405 g/mol. The number of benzene rings is 2. The van der Waals surface area contributed by atoms with Crippen LogP contribution in [0.2, 0.25) is 0 Å². The number of fused-ring (bicyclic) bond motifs is 1. The summed E-state index contributed by atoms with van der Waals surface area (Å²) >= 11 is 0. The Morgan fingerprint density at radius 1 is 1.06 bits per heavy atom. The fraction of sp³-hybridized carbons (Fsp3) is 0.231. The molecule has 0 unspecified atom stereocenters. The number of anilines is 2. The summed E-state index contributed by atoms with van der Waals surface area (Å²) in [5.74, 6) is -0.256. The molecular formula is C26H23FN3O2. The molecule has 1 radical (unpaired) electrons. The molecule has 4 aromatic rings. The summed E-state index contributed by atoms with van der Waals surface area (Å²) in [6.07, 6.45) is 8.77. The highest BCUT2D eigenvalue weighted by Gasteiger charge is 2.25. The largest absolute Gasteiger partial charge is 0.446 e. The van der Waals surface area contributed by atoms with Crippen LogP contribution in [-0.2, 0) is 11.3 Å². The molecule has 0 N–H and O–H groups in total. The van der Waals surface area contributed by atoms with Crippen molar-refractivity contribution in [1.82, 2.24) is 9.55 Å². The third kappa shape index (κ3) is 4.21. The maximum Gasteiger partial charge on any atom is 0.419 e. The van der Waals surface area contributed by atoms with Gasteiger partial charge in [0.15, 0.2) is 0 Å². The average molecular weight is 428 g/mol. The molecule has 1 aliphatic rings. The predicted octanol–water partition coefficient (Wildman–Crippen LogP) is 6.24. The van der Waals surface area contributed by atoms with Gasteiger partial charge in [0.25, 0.3) is 0 Å². The van der Waals surface area contributed by atoms with E-state index in [1.807, 2.05) is 29.0 Å². The number of nitrogens with zero attached hydrogens (tertiary/aromatic N) is 3. The van der Waals surface area contributed by atoms with Gasteiger partial charge < -0.3 is 9.30 Å². The molecule has 0 bridgehead atoms. The fourth-order valence-corrected chi connectivity index (χ4v) is 4.21. The van der Waals surface area contributed by atoms with E-state index in [1.54, 1.807) is 41.6 Å². The van der Waals surface area contributed by atoms with Crippen LogP contribution in [0.1, 0.15) is 31.2 Å². The number of carbonyl (C=O) groups excluding carboxylic acids is 1. The molecule has 5 rings (SSSR count). The van der Waals surface area contributed by atoms with Crippen LogP contribution in [0.4, 0.5) is 20.6 Å². The van der Waals surface area contributed by atoms with Gasteiger partial charge >= 0.3 is 6.09 Å². The lowest BCUT2D eigenvalue weighted by Gasteiger charge is -2.24. The highest BCUT2D eigenvalue weighted by Crippen LogP contribution is 2.31. The van der Waals surface area contributed by atoms with Gasteiger partial charge in [-0.1, -0.05) is 18.2 Å². The van der Waals surface area contributed by atoms with Gasteiger partial charge in [0, 0.05) is 36.6 Å². The topological polar surface area (TPSA) is 47.4 Å². The summed E-state index contributed by atoms with van der Waals surface area (Å²) in [4.78, 5) is 18.9. The molecule has 0 aliphatic heterocycles. The highest BCUT2D eigenvalue weighted by molar-refractivity contribution is 5.98. The van der Waals surface area contributed by atoms with Crippen LogP contribution in [0.3, 0.4) is 0 Å². The molecule has 5 nitrogen and oxygen atoms in total. The van der Waals surface area contributed by atoms with Gasteiger partial charge in [-0.2, -0.15) is 0 Å². The van der Waals surface area contributed by atoms with E-state index >= 15 is 0 Å². The summed E-state index contributed by atoms with van der Waals surface area (Å²) in [7, 11) is 0. The molecule has 161 valence electrons. The number of halogens is 1. The molecule has 2 aromatic heterocycles. The second kappa shape index (κ2) is 8.83. The molecule has 0 atom stereocenters. The van der Waals surface area contributed by atoms with Crippen LogP contribution in [0.15, 0.2) is 73.2 Å². The Balaban J connectivity index is 1.50. The number of hydrogen-bond acceptors (Lipinski definition) is 3. The van der Waals surface area contributed by atoms with E-state index in [0.717, 1.165) is 42.1 Å². The van der Waals surface area contributed by atoms with Crippen LogP contribution in [0, 0.1) is 11.9 Å². The van der Waals surface area contributed by atoms with E-state index in [-0.39, 0.29) is 18.0 Å². The Kier molecular flexibility index (Phi) is 5.58. The minimum absolute atomic E-state index is 0.0359. The third-order valence-electron chi connectivity index (χ3n) is 5.86. The molecule has 1 saturated carbocycles. The second-order valence-electron chi connectivity index (χ2n) is 8.06. The number of rotatable bonds is 5. The van der Waals surface area contributed by atoms with Crippen molar-refractivity contribution in [3.05, 3.63) is 90.6 Å². The normalized spacial score (nSPS) is 14.0. The average Bonchev–Trinajstić information content (AvgIpc) is 3.46. The van der Waals surface area contributed by atoms with E-state index in [2.05, 4.69) is 11.1 Å². The molecule has 32 heavy (non-hydrogen) atoms. The van der Waals surface area contributed by atoms with Crippen molar-refractivity contribution in [3.8, 4) is 0 Å². The van der Waals surface area contributed by atoms with Gasteiger partial charge in [0.05, 0.1) is 16.9 Å². The van der Waals surface area contributed by atoms with Crippen molar-refractivity contribution in [1.29, 1.82) is 0 Å². The van der Waals surface area contributed by atoms with E-state index in [9.17, 15) is 9.18 Å². The molecule has 6 heteroatoms. The molecule has 1 fully saturated rings. The van der Waals surface area contributed by atoms with Gasteiger partial charge in [0.2, 0.25) is 0 Å². The van der Waals surface area contributed by atoms with Crippen LogP contribution in [0.5, 0.6) is 0 Å². The van der Waals surface area contributed by atoms with Crippen molar-refractivity contribution in [2.24, 2.45) is 0 Å². The lowest BCUT2D eigenvalue weighted by atomic mass is 10.2. The quantitative estimate of drug-likeness (QED) is 0.378. The predicted molar refractivity (Wildman–Crippen MR) is 121 cm³/mol. The maximum absolute atomic E-state index is 13.3. The monoisotopic (exact) mass is 428 g/mol. The van der Waals surface area contributed by atoms with Crippen molar-refractivity contribution >= 4 is 28.4 Å². The number of ether oxygens (including phenoxy) is 1. The molecule has 2 aromatic carbocycles. The zero-order valence-electron chi connectivity index (χ0n) is 17.6. The Hall–Kier alpha value is -3.67. The van der Waals surface area contributed by atoms with E-state index in [0.29, 0.717) is 17.9 Å². The van der Waals surface area contributed by atoms with Gasteiger partial charge in [0.1, 0.15) is 11.9 Å². The number of amides is 1. The van der Waals surface area contributed by atoms with Crippen molar-refractivity contribution in [2.75, 3.05) is 4.90 Å². The number of aromatic nitrogens is 2. The van der Waals surface area contributed by atoms with Crippen LogP contribution in [0.25, 0.3) is 10.9 Å². The minimum atomic E-state index is -0.386. The second-order valence-corrected chi connectivity index (χ2v) is 8.06. The molecule has 2 heterocycles. The summed E-state index contributed by atoms with van der Waals surface area (Å²) < 4.78 is 21.1. The van der Waals surface area contributed by atoms with E-state index in [4.69, 9.17) is 4.74 Å². The van der Waals surface area contributed by atoms with Crippen molar-refractivity contribution in [3.63, 3.8) is 0 Å². The molecule has 0 saturated heterocycles. The van der Waals surface area contributed by atoms with Gasteiger partial charge in [-0.25, -0.2) is 14.1 Å². The van der Waals surface area contributed by atoms with Crippen molar-refractivity contribution in [2.45, 2.75) is 38.3 Å². The van der Waals surface area contributed by atoms with E-state index in [1.165, 1.54) is 12.1 Å². The lowest BCUT2D eigenvalue weighted by molar-refractivity contribution is 0.110. The van der Waals surface area contributed by atoms with Crippen LogP contribution in [-0.4, -0.2) is 21.7 Å². The first-order valence-electron chi connectivity index (χ1n) is 10.8. The highest BCUT2D eigenvalue weighted by atomic mass is 19.1. The number of pyridine rings is 1. The molecule has 0 spiro atoms. The summed E-state index contributed by atoms with van der Waals surface area (Å²) in [5, 5.41) is 0.940. The van der Waals surface area contributed by atoms with Crippen LogP contribution < -0.4 is 4.90 Å². The number of hydrogen-bond donors (Lipinski definition) is 0. The summed E-state index contributed by atoms with van der Waals surface area (Å²) in [6.45, 7) is 0.575. The van der Waals surface area contributed by atoms with E-state index < -0.39 is 0 Å². The SMILES string of the molecule is O=C(OC1CCCC1)N(c1ccncc1)c1ccc2[c]cn(Cc3ccc(F)cc3)c2c1. The van der Waals surface area contributed by atoms with Crippen LogP contribution >= 0.6 is 0 Å². The fourth-order valence-electron chi connectivity index (χ4n) is 4.21. The Bertz CT molecular complexity index is 1220. The van der Waals surface area contributed by atoms with Gasteiger partial charge in [-0.05, 0) is 67.6 Å². The smallest absolute Gasteiger partial charge is 0.419 e. The summed E-state index contributed by atoms with van der Waals surface area (Å²) in [5.41, 5.74) is 3.32. The van der Waals surface area contributed by atoms with Gasteiger partial charge in [-0.3, -0.25) is 4.98 Å². The Morgan fingerprint density at radius 2 is 1.81 bits per heavy atom. The third-order valence-corrected chi connectivity index (χ3v) is 5.86. The van der Waals surface area contributed by atoms with Crippen molar-refractivity contribution < 1.29 is 13.9 Å². The minimum Gasteiger partial charge on any atom is -0.446 e. The standard InChI is InChI=1S/C26H23FN3O2/c27-21-8-5-19(6-9-21)18-29-16-13-20-7-10-23(17-25(20)29)30(22-11-14-28-15-12-22)26(31)32-24-3-1-2-4-24/h5-12,14-17,24H,1-4,18H2. The zero-order valence-corrected chi connectivity index (χ0v) is 17.6. The molecule has 1 aliphatic carbocycles. The number of carbonyl (C=O) groups is 1. The first-order chi connectivity index (χ1) is 15.7. The Labute approximate surface area is 186 Å². The lowest BCUT2D eigenvalue weighted by Crippen LogP contribution is -2.30. The van der Waals surface area contributed by atoms with Gasteiger partial charge in [-0.15, -0.1) is 0 Å². The first-order valence-corrected chi connectivity index (χ1v) is 10.8. The first kappa shape index (κ1) is 20.2. The maximum atomic E-state index is 13.3. The summed E-state index contributed by atoms with van der Waals surface area (Å²) in [6, 6.07) is 19.1. The zero-order chi connectivity index (χ0) is 21.9.